The van der Waals surface area contributed by atoms with Crippen molar-refractivity contribution in [1.29, 1.82) is 0 Å². The number of fused-ring (bicyclic) bond motifs is 1. The number of aromatic nitrogens is 1. The van der Waals surface area contributed by atoms with Gasteiger partial charge >= 0.3 is 0 Å². The number of hydrogen-bond acceptors (Lipinski definition) is 3. The summed E-state index contributed by atoms with van der Waals surface area (Å²) in [5.41, 5.74) is 6.14. The molecule has 0 spiro atoms. The first-order valence-electron chi connectivity index (χ1n) is 8.10. The quantitative estimate of drug-likeness (QED) is 0.917. The van der Waals surface area contributed by atoms with Gasteiger partial charge in [-0.05, 0) is 56.4 Å². The second-order valence-corrected chi connectivity index (χ2v) is 5.91. The first-order valence-corrected chi connectivity index (χ1v) is 8.10. The Kier molecular flexibility index (Phi) is 4.00. The number of nitrogens with one attached hydrogen (secondary N) is 1. The van der Waals surface area contributed by atoms with E-state index in [-0.39, 0.29) is 0 Å². The summed E-state index contributed by atoms with van der Waals surface area (Å²) in [6, 6.07) is 6.72. The third-order valence-electron chi connectivity index (χ3n) is 4.62. The normalized spacial score (nSPS) is 15.5. The van der Waals surface area contributed by atoms with E-state index in [9.17, 15) is 0 Å². The lowest BCUT2D eigenvalue weighted by Gasteiger charge is -2.29. The Labute approximate surface area is 127 Å². The Morgan fingerprint density at radius 2 is 1.95 bits per heavy atom. The van der Waals surface area contributed by atoms with Crippen LogP contribution in [0.4, 0.5) is 11.4 Å². The van der Waals surface area contributed by atoms with Crippen molar-refractivity contribution in [2.45, 2.75) is 39.5 Å². The molecule has 0 saturated carbocycles. The standard InChI is InChI=1S/C18H25N3/c1-4-16-13(2)18(19-3)15-12-14(8-9-17(15)20-16)21-10-6-5-7-11-21/h8-9,12H,4-7,10-11H2,1-3H3,(H,19,20). The zero-order valence-electron chi connectivity index (χ0n) is 13.4. The van der Waals surface area contributed by atoms with Crippen molar-refractivity contribution in [3.8, 4) is 0 Å². The Bertz CT molecular complexity index is 642. The maximum absolute atomic E-state index is 4.83. The van der Waals surface area contributed by atoms with Crippen molar-refractivity contribution in [2.75, 3.05) is 30.4 Å². The number of nitrogens with zero attached hydrogens (tertiary/aromatic N) is 2. The molecule has 3 nitrogen and oxygen atoms in total. The molecule has 0 amide bonds. The fourth-order valence-corrected chi connectivity index (χ4v) is 3.41. The van der Waals surface area contributed by atoms with E-state index >= 15 is 0 Å². The second kappa shape index (κ2) is 5.92. The molecule has 0 aliphatic carbocycles. The summed E-state index contributed by atoms with van der Waals surface area (Å²) in [6.07, 6.45) is 4.96. The molecule has 2 heterocycles. The fraction of sp³-hybridized carbons (Fsp3) is 0.500. The maximum atomic E-state index is 4.83. The summed E-state index contributed by atoms with van der Waals surface area (Å²) in [4.78, 5) is 7.33. The molecule has 1 aromatic carbocycles. The number of aryl methyl sites for hydroxylation is 1. The van der Waals surface area contributed by atoms with Crippen molar-refractivity contribution in [1.82, 2.24) is 4.98 Å². The van der Waals surface area contributed by atoms with Crippen molar-refractivity contribution in [2.24, 2.45) is 0 Å². The SMILES string of the molecule is CCc1nc2ccc(N3CCCCC3)cc2c(NC)c1C. The van der Waals surface area contributed by atoms with Gasteiger partial charge in [-0.1, -0.05) is 6.92 Å². The summed E-state index contributed by atoms with van der Waals surface area (Å²) < 4.78 is 0. The molecular formula is C18H25N3. The molecule has 3 rings (SSSR count). The van der Waals surface area contributed by atoms with Gasteiger partial charge in [-0.3, -0.25) is 4.98 Å². The highest BCUT2D eigenvalue weighted by Crippen LogP contribution is 2.32. The maximum Gasteiger partial charge on any atom is 0.0727 e. The van der Waals surface area contributed by atoms with Crippen molar-refractivity contribution < 1.29 is 0 Å². The van der Waals surface area contributed by atoms with E-state index in [0.29, 0.717) is 0 Å². The van der Waals surface area contributed by atoms with Crippen LogP contribution in [-0.2, 0) is 6.42 Å². The Morgan fingerprint density at radius 1 is 1.19 bits per heavy atom. The van der Waals surface area contributed by atoms with Crippen molar-refractivity contribution in [3.63, 3.8) is 0 Å². The van der Waals surface area contributed by atoms with Crippen LogP contribution in [0, 0.1) is 6.92 Å². The third kappa shape index (κ3) is 2.57. The Hall–Kier alpha value is -1.77. The minimum absolute atomic E-state index is 0.977. The molecule has 1 N–H and O–H groups in total. The number of anilines is 2. The molecule has 0 radical (unpaired) electrons. The van der Waals surface area contributed by atoms with Crippen molar-refractivity contribution >= 4 is 22.3 Å². The van der Waals surface area contributed by atoms with Crippen LogP contribution in [0.15, 0.2) is 18.2 Å². The largest absolute Gasteiger partial charge is 0.387 e. The number of benzene rings is 1. The van der Waals surface area contributed by atoms with Gasteiger partial charge in [-0.15, -0.1) is 0 Å². The average Bonchev–Trinajstić information content (AvgIpc) is 2.54. The molecule has 1 saturated heterocycles. The van der Waals surface area contributed by atoms with Gasteiger partial charge in [0, 0.05) is 42.6 Å². The second-order valence-electron chi connectivity index (χ2n) is 5.91. The van der Waals surface area contributed by atoms with Crippen LogP contribution in [0.3, 0.4) is 0 Å². The third-order valence-corrected chi connectivity index (χ3v) is 4.62. The monoisotopic (exact) mass is 283 g/mol. The van der Waals surface area contributed by atoms with Crippen LogP contribution >= 0.6 is 0 Å². The van der Waals surface area contributed by atoms with Gasteiger partial charge in [0.1, 0.15) is 0 Å². The summed E-state index contributed by atoms with van der Waals surface area (Å²) in [6.45, 7) is 6.70. The smallest absolute Gasteiger partial charge is 0.0727 e. The highest BCUT2D eigenvalue weighted by atomic mass is 15.1. The Balaban J connectivity index is 2.11. The van der Waals surface area contributed by atoms with Crippen LogP contribution in [-0.4, -0.2) is 25.1 Å². The Morgan fingerprint density at radius 3 is 2.62 bits per heavy atom. The molecule has 21 heavy (non-hydrogen) atoms. The van der Waals surface area contributed by atoms with E-state index in [0.717, 1.165) is 11.9 Å². The lowest BCUT2D eigenvalue weighted by atomic mass is 10.0. The lowest BCUT2D eigenvalue weighted by molar-refractivity contribution is 0.578. The van der Waals surface area contributed by atoms with Gasteiger partial charge in [0.15, 0.2) is 0 Å². The van der Waals surface area contributed by atoms with Crippen LogP contribution in [0.2, 0.25) is 0 Å². The molecule has 1 aromatic heterocycles. The summed E-state index contributed by atoms with van der Waals surface area (Å²) in [5.74, 6) is 0. The first-order chi connectivity index (χ1) is 10.2. The summed E-state index contributed by atoms with van der Waals surface area (Å²) in [5, 5.41) is 4.63. The van der Waals surface area contributed by atoms with E-state index in [1.165, 1.54) is 60.4 Å². The zero-order chi connectivity index (χ0) is 14.8. The molecule has 2 aromatic rings. The highest BCUT2D eigenvalue weighted by Gasteiger charge is 2.14. The molecular weight excluding hydrogens is 258 g/mol. The van der Waals surface area contributed by atoms with Crippen LogP contribution in [0.1, 0.15) is 37.4 Å². The van der Waals surface area contributed by atoms with Gasteiger partial charge in [0.25, 0.3) is 0 Å². The van der Waals surface area contributed by atoms with E-state index in [4.69, 9.17) is 4.98 Å². The number of pyridine rings is 1. The molecule has 1 aliphatic heterocycles. The molecule has 0 bridgehead atoms. The number of rotatable bonds is 3. The number of piperidine rings is 1. The van der Waals surface area contributed by atoms with Gasteiger partial charge in [-0.2, -0.15) is 0 Å². The summed E-state index contributed by atoms with van der Waals surface area (Å²) >= 11 is 0. The summed E-state index contributed by atoms with van der Waals surface area (Å²) in [7, 11) is 2.01. The highest BCUT2D eigenvalue weighted by molar-refractivity contribution is 5.95. The van der Waals surface area contributed by atoms with Crippen molar-refractivity contribution in [3.05, 3.63) is 29.5 Å². The van der Waals surface area contributed by atoms with Crippen LogP contribution in [0.5, 0.6) is 0 Å². The molecule has 3 heteroatoms. The van der Waals surface area contributed by atoms with Crippen LogP contribution in [0.25, 0.3) is 10.9 Å². The molecule has 0 unspecified atom stereocenters. The van der Waals surface area contributed by atoms with E-state index in [1.54, 1.807) is 0 Å². The van der Waals surface area contributed by atoms with E-state index in [1.807, 2.05) is 7.05 Å². The molecule has 1 fully saturated rings. The van der Waals surface area contributed by atoms with Crippen LogP contribution < -0.4 is 10.2 Å². The van der Waals surface area contributed by atoms with E-state index < -0.39 is 0 Å². The lowest BCUT2D eigenvalue weighted by Crippen LogP contribution is -2.29. The van der Waals surface area contributed by atoms with Gasteiger partial charge in [0.2, 0.25) is 0 Å². The zero-order valence-corrected chi connectivity index (χ0v) is 13.4. The minimum Gasteiger partial charge on any atom is -0.387 e. The molecule has 1 aliphatic rings. The van der Waals surface area contributed by atoms with E-state index in [2.05, 4.69) is 42.3 Å². The van der Waals surface area contributed by atoms with Gasteiger partial charge < -0.3 is 10.2 Å². The average molecular weight is 283 g/mol. The fourth-order valence-electron chi connectivity index (χ4n) is 3.41. The molecule has 112 valence electrons. The van der Waals surface area contributed by atoms with Gasteiger partial charge in [-0.25, -0.2) is 0 Å². The minimum atomic E-state index is 0.977. The molecule has 0 atom stereocenters. The predicted molar refractivity (Wildman–Crippen MR) is 91.5 cm³/mol. The predicted octanol–water partition coefficient (Wildman–Crippen LogP) is 4.14. The number of hydrogen-bond donors (Lipinski definition) is 1. The first kappa shape index (κ1) is 14.2. The topological polar surface area (TPSA) is 28.2 Å². The van der Waals surface area contributed by atoms with Gasteiger partial charge in [0.05, 0.1) is 5.52 Å².